The molecule has 0 radical (unpaired) electrons. The predicted octanol–water partition coefficient (Wildman–Crippen LogP) is 3.83. The molecule has 2 heterocycles. The van der Waals surface area contributed by atoms with Gasteiger partial charge in [-0.2, -0.15) is 0 Å². The van der Waals surface area contributed by atoms with Crippen molar-refractivity contribution >= 4 is 5.96 Å². The van der Waals surface area contributed by atoms with E-state index in [4.69, 9.17) is 9.15 Å². The van der Waals surface area contributed by atoms with E-state index in [1.165, 1.54) is 0 Å². The highest BCUT2D eigenvalue weighted by Gasteiger charge is 2.27. The van der Waals surface area contributed by atoms with Crippen molar-refractivity contribution in [1.82, 2.24) is 15.6 Å². The van der Waals surface area contributed by atoms with E-state index >= 15 is 0 Å². The first-order chi connectivity index (χ1) is 15.4. The number of guanidine groups is 1. The molecule has 0 saturated carbocycles. The number of nitrogens with one attached hydrogen (secondary N) is 2. The van der Waals surface area contributed by atoms with Crippen molar-refractivity contribution in [2.75, 3.05) is 13.1 Å². The third-order valence-corrected chi connectivity index (χ3v) is 5.04. The molecule has 0 amide bonds. The molecule has 0 aliphatic carbocycles. The Kier molecular flexibility index (Phi) is 7.89. The largest absolute Gasteiger partial charge is 0.473 e. The number of ether oxygens (including phenoxy) is 1. The highest BCUT2D eigenvalue weighted by atomic mass is 16.5. The van der Waals surface area contributed by atoms with Gasteiger partial charge in [0.25, 0.3) is 0 Å². The van der Waals surface area contributed by atoms with Crippen molar-refractivity contribution in [1.29, 1.82) is 0 Å². The van der Waals surface area contributed by atoms with Crippen molar-refractivity contribution < 1.29 is 14.3 Å². The summed E-state index contributed by atoms with van der Waals surface area (Å²) in [6.07, 6.45) is 1.71. The predicted molar refractivity (Wildman–Crippen MR) is 126 cm³/mol. The van der Waals surface area contributed by atoms with E-state index < -0.39 is 5.60 Å². The van der Waals surface area contributed by atoms with Gasteiger partial charge in [0.15, 0.2) is 5.96 Å². The van der Waals surface area contributed by atoms with E-state index in [1.807, 2.05) is 69.3 Å². The standard InChI is InChI=1S/C25H32N4O3/c1-5-26-24(29-17-25(4,30)22-14-18(2)32-19(22)3)28-15-21-12-9-13-27-23(21)31-16-20-10-7-6-8-11-20/h6-14,30H,5,15-17H2,1-4H3,(H2,26,28,29). The molecular weight excluding hydrogens is 404 g/mol. The lowest BCUT2D eigenvalue weighted by Gasteiger charge is -2.24. The highest BCUT2D eigenvalue weighted by Crippen LogP contribution is 2.26. The molecular formula is C25H32N4O3. The third-order valence-electron chi connectivity index (χ3n) is 5.04. The van der Waals surface area contributed by atoms with Crippen LogP contribution in [0.25, 0.3) is 0 Å². The van der Waals surface area contributed by atoms with E-state index in [-0.39, 0.29) is 6.54 Å². The lowest BCUT2D eigenvalue weighted by molar-refractivity contribution is 0.0601. The Hall–Kier alpha value is -3.32. The second-order valence-electron chi connectivity index (χ2n) is 7.89. The van der Waals surface area contributed by atoms with Gasteiger partial charge < -0.3 is 24.9 Å². The SMILES string of the molecule is CCNC(=NCc1cccnc1OCc1ccccc1)NCC(C)(O)c1cc(C)oc1C. The first-order valence-corrected chi connectivity index (χ1v) is 10.8. The molecule has 7 nitrogen and oxygen atoms in total. The summed E-state index contributed by atoms with van der Waals surface area (Å²) < 4.78 is 11.5. The lowest BCUT2D eigenvalue weighted by atomic mass is 9.96. The number of aryl methyl sites for hydroxylation is 2. The van der Waals surface area contributed by atoms with Crippen LogP contribution in [0.1, 0.15) is 42.1 Å². The van der Waals surface area contributed by atoms with Gasteiger partial charge in [-0.05, 0) is 45.4 Å². The van der Waals surface area contributed by atoms with Gasteiger partial charge in [-0.15, -0.1) is 0 Å². The minimum atomic E-state index is -1.10. The Balaban J connectivity index is 1.66. The molecule has 0 aliphatic rings. The van der Waals surface area contributed by atoms with E-state index in [1.54, 1.807) is 13.1 Å². The molecule has 3 rings (SSSR count). The molecule has 2 aromatic heterocycles. The van der Waals surface area contributed by atoms with Crippen molar-refractivity contribution in [3.63, 3.8) is 0 Å². The van der Waals surface area contributed by atoms with Gasteiger partial charge >= 0.3 is 0 Å². The molecule has 0 aliphatic heterocycles. The first kappa shape index (κ1) is 23.3. The van der Waals surface area contributed by atoms with Crippen molar-refractivity contribution in [3.05, 3.63) is 82.9 Å². The number of pyridine rings is 1. The first-order valence-electron chi connectivity index (χ1n) is 10.8. The Morgan fingerprint density at radius 2 is 1.94 bits per heavy atom. The maximum atomic E-state index is 11.0. The van der Waals surface area contributed by atoms with Gasteiger partial charge in [-0.25, -0.2) is 9.98 Å². The van der Waals surface area contributed by atoms with E-state index in [0.29, 0.717) is 37.3 Å². The van der Waals surface area contributed by atoms with Crippen LogP contribution in [0.2, 0.25) is 0 Å². The zero-order valence-corrected chi connectivity index (χ0v) is 19.2. The van der Waals surface area contributed by atoms with E-state index in [2.05, 4.69) is 20.6 Å². The number of rotatable bonds is 9. The molecule has 0 fully saturated rings. The average Bonchev–Trinajstić information content (AvgIpc) is 3.14. The third kappa shape index (κ3) is 6.34. The maximum absolute atomic E-state index is 11.0. The van der Waals surface area contributed by atoms with Crippen molar-refractivity contribution in [2.45, 2.75) is 46.4 Å². The Bertz CT molecular complexity index is 1030. The van der Waals surface area contributed by atoms with Crippen LogP contribution in [0.4, 0.5) is 0 Å². The fraction of sp³-hybridized carbons (Fsp3) is 0.360. The molecule has 1 unspecified atom stereocenters. The van der Waals surface area contributed by atoms with Crippen molar-refractivity contribution in [3.8, 4) is 5.88 Å². The van der Waals surface area contributed by atoms with Gasteiger partial charge in [0.05, 0.1) is 13.1 Å². The second kappa shape index (κ2) is 10.8. The fourth-order valence-corrected chi connectivity index (χ4v) is 3.42. The second-order valence-corrected chi connectivity index (χ2v) is 7.89. The molecule has 0 spiro atoms. The fourth-order valence-electron chi connectivity index (χ4n) is 3.42. The smallest absolute Gasteiger partial charge is 0.218 e. The van der Waals surface area contributed by atoms with E-state index in [9.17, 15) is 5.11 Å². The van der Waals surface area contributed by atoms with E-state index in [0.717, 1.165) is 22.5 Å². The van der Waals surface area contributed by atoms with Gasteiger partial charge in [0.1, 0.15) is 23.7 Å². The molecule has 0 bridgehead atoms. The number of nitrogens with zero attached hydrogens (tertiary/aromatic N) is 2. The monoisotopic (exact) mass is 436 g/mol. The van der Waals surface area contributed by atoms with Crippen LogP contribution in [0.3, 0.4) is 0 Å². The van der Waals surface area contributed by atoms with Crippen LogP contribution in [0.5, 0.6) is 5.88 Å². The zero-order chi connectivity index (χ0) is 23.0. The molecule has 0 saturated heterocycles. The van der Waals surface area contributed by atoms with Gasteiger partial charge in [-0.3, -0.25) is 0 Å². The van der Waals surface area contributed by atoms with Crippen LogP contribution >= 0.6 is 0 Å². The number of hydrogen-bond donors (Lipinski definition) is 3. The minimum absolute atomic E-state index is 0.281. The minimum Gasteiger partial charge on any atom is -0.473 e. The molecule has 32 heavy (non-hydrogen) atoms. The number of benzene rings is 1. The highest BCUT2D eigenvalue weighted by molar-refractivity contribution is 5.79. The van der Waals surface area contributed by atoms with Crippen LogP contribution in [0.15, 0.2) is 64.1 Å². The molecule has 1 atom stereocenters. The summed E-state index contributed by atoms with van der Waals surface area (Å²) in [4.78, 5) is 9.04. The summed E-state index contributed by atoms with van der Waals surface area (Å²) in [5, 5.41) is 17.4. The molecule has 3 aromatic rings. The quantitative estimate of drug-likeness (QED) is 0.349. The van der Waals surface area contributed by atoms with Gasteiger partial charge in [0, 0.05) is 23.9 Å². The maximum Gasteiger partial charge on any atom is 0.218 e. The molecule has 170 valence electrons. The van der Waals surface area contributed by atoms with Crippen molar-refractivity contribution in [2.24, 2.45) is 4.99 Å². The number of aliphatic imine (C=N–C) groups is 1. The lowest BCUT2D eigenvalue weighted by Crippen LogP contribution is -2.44. The molecule has 1 aromatic carbocycles. The number of hydrogen-bond acceptors (Lipinski definition) is 5. The van der Waals surface area contributed by atoms with Crippen LogP contribution < -0.4 is 15.4 Å². The normalized spacial score (nSPS) is 13.5. The Morgan fingerprint density at radius 3 is 2.62 bits per heavy atom. The summed E-state index contributed by atoms with van der Waals surface area (Å²) >= 11 is 0. The summed E-state index contributed by atoms with van der Waals surface area (Å²) in [5.41, 5.74) is 1.63. The average molecular weight is 437 g/mol. The topological polar surface area (TPSA) is 91.9 Å². The summed E-state index contributed by atoms with van der Waals surface area (Å²) in [5.74, 6) is 2.65. The van der Waals surface area contributed by atoms with Crippen LogP contribution in [-0.4, -0.2) is 29.1 Å². The Morgan fingerprint density at radius 1 is 1.16 bits per heavy atom. The van der Waals surface area contributed by atoms with Crippen LogP contribution in [-0.2, 0) is 18.8 Å². The van der Waals surface area contributed by atoms with Gasteiger partial charge in [-0.1, -0.05) is 36.4 Å². The number of aliphatic hydroxyl groups is 1. The van der Waals surface area contributed by atoms with Crippen LogP contribution in [0, 0.1) is 13.8 Å². The number of furan rings is 1. The molecule has 7 heteroatoms. The Labute approximate surface area is 189 Å². The number of aromatic nitrogens is 1. The summed E-state index contributed by atoms with van der Waals surface area (Å²) in [6, 6.07) is 15.7. The zero-order valence-electron chi connectivity index (χ0n) is 19.2. The molecule has 3 N–H and O–H groups in total. The van der Waals surface area contributed by atoms with Gasteiger partial charge in [0.2, 0.25) is 5.88 Å². The summed E-state index contributed by atoms with van der Waals surface area (Å²) in [6.45, 7) is 9.30. The summed E-state index contributed by atoms with van der Waals surface area (Å²) in [7, 11) is 0.